The highest BCUT2D eigenvalue weighted by Crippen LogP contribution is 2.06. The number of hydrogen-bond donors (Lipinski definition) is 1. The molecule has 3 nitrogen and oxygen atoms in total. The lowest BCUT2D eigenvalue weighted by Gasteiger charge is -2.23. The molecule has 0 amide bonds. The predicted octanol–water partition coefficient (Wildman–Crippen LogP) is 0.609. The minimum absolute atomic E-state index is 0.624. The van der Waals surface area contributed by atoms with Gasteiger partial charge in [-0.1, -0.05) is 6.92 Å². The van der Waals surface area contributed by atoms with Crippen LogP contribution in [0.25, 0.3) is 0 Å². The topological polar surface area (TPSA) is 32.5 Å². The minimum Gasteiger partial charge on any atom is -0.330 e. The molecule has 0 saturated carbocycles. The Morgan fingerprint density at radius 3 is 2.57 bits per heavy atom. The first-order valence-corrected chi connectivity index (χ1v) is 5.83. The van der Waals surface area contributed by atoms with E-state index >= 15 is 0 Å². The Hall–Kier alpha value is -0.120. The largest absolute Gasteiger partial charge is 0.330 e. The van der Waals surface area contributed by atoms with Crippen molar-refractivity contribution >= 4 is 0 Å². The maximum Gasteiger partial charge on any atom is 0.0109 e. The van der Waals surface area contributed by atoms with Crippen molar-refractivity contribution in [2.75, 3.05) is 46.3 Å². The van der Waals surface area contributed by atoms with Crippen LogP contribution in [0.1, 0.15) is 19.8 Å². The highest BCUT2D eigenvalue weighted by atomic mass is 15.2. The van der Waals surface area contributed by atoms with E-state index in [4.69, 9.17) is 5.73 Å². The van der Waals surface area contributed by atoms with Crippen molar-refractivity contribution in [2.24, 2.45) is 11.7 Å². The third kappa shape index (κ3) is 4.40. The Kier molecular flexibility index (Phi) is 5.45. The molecule has 0 aliphatic carbocycles. The van der Waals surface area contributed by atoms with Gasteiger partial charge in [-0.15, -0.1) is 0 Å². The molecule has 3 heteroatoms. The quantitative estimate of drug-likeness (QED) is 0.680. The summed E-state index contributed by atoms with van der Waals surface area (Å²) < 4.78 is 0. The standard InChI is InChI=1S/C11H25N3/c1-11(9-12)10-13(2)7-8-14-5-3-4-6-14/h11H,3-10,12H2,1-2H3. The van der Waals surface area contributed by atoms with E-state index in [1.54, 1.807) is 0 Å². The molecule has 0 radical (unpaired) electrons. The molecular formula is C11H25N3. The number of likely N-dealkylation sites (tertiary alicyclic amines) is 1. The number of nitrogens with zero attached hydrogens (tertiary/aromatic N) is 2. The van der Waals surface area contributed by atoms with Crippen LogP contribution in [-0.2, 0) is 0 Å². The summed E-state index contributed by atoms with van der Waals surface area (Å²) in [5, 5.41) is 0. The van der Waals surface area contributed by atoms with Crippen molar-refractivity contribution in [3.8, 4) is 0 Å². The van der Waals surface area contributed by atoms with Gasteiger partial charge < -0.3 is 15.5 Å². The second-order valence-electron chi connectivity index (χ2n) is 4.65. The number of likely N-dealkylation sites (N-methyl/N-ethyl adjacent to an activating group) is 1. The molecule has 14 heavy (non-hydrogen) atoms. The second-order valence-corrected chi connectivity index (χ2v) is 4.65. The molecule has 1 heterocycles. The first-order chi connectivity index (χ1) is 6.72. The van der Waals surface area contributed by atoms with E-state index in [2.05, 4.69) is 23.8 Å². The molecule has 0 aromatic heterocycles. The summed E-state index contributed by atoms with van der Waals surface area (Å²) in [6, 6.07) is 0. The number of nitrogens with two attached hydrogens (primary N) is 1. The van der Waals surface area contributed by atoms with E-state index in [9.17, 15) is 0 Å². The van der Waals surface area contributed by atoms with Gasteiger partial charge in [0.05, 0.1) is 0 Å². The Labute approximate surface area is 88.2 Å². The summed E-state index contributed by atoms with van der Waals surface area (Å²) in [5.41, 5.74) is 5.60. The highest BCUT2D eigenvalue weighted by Gasteiger charge is 2.12. The summed E-state index contributed by atoms with van der Waals surface area (Å²) in [4.78, 5) is 4.96. The molecule has 1 aliphatic heterocycles. The molecule has 1 saturated heterocycles. The van der Waals surface area contributed by atoms with Crippen molar-refractivity contribution in [3.05, 3.63) is 0 Å². The van der Waals surface area contributed by atoms with Crippen LogP contribution >= 0.6 is 0 Å². The van der Waals surface area contributed by atoms with Crippen LogP contribution < -0.4 is 5.73 Å². The molecule has 0 spiro atoms. The zero-order valence-corrected chi connectivity index (χ0v) is 9.71. The molecule has 1 fully saturated rings. The monoisotopic (exact) mass is 199 g/mol. The van der Waals surface area contributed by atoms with E-state index in [0.29, 0.717) is 5.92 Å². The average molecular weight is 199 g/mol. The number of hydrogen-bond acceptors (Lipinski definition) is 3. The van der Waals surface area contributed by atoms with Gasteiger partial charge >= 0.3 is 0 Å². The third-order valence-corrected chi connectivity index (χ3v) is 3.02. The molecule has 1 unspecified atom stereocenters. The molecule has 0 bridgehead atoms. The summed E-state index contributed by atoms with van der Waals surface area (Å²) in [7, 11) is 2.20. The Bertz CT molecular complexity index is 143. The molecular weight excluding hydrogens is 174 g/mol. The first-order valence-electron chi connectivity index (χ1n) is 5.83. The normalized spacial score (nSPS) is 20.6. The predicted molar refractivity (Wildman–Crippen MR) is 61.4 cm³/mol. The van der Waals surface area contributed by atoms with E-state index in [1.807, 2.05) is 0 Å². The second kappa shape index (κ2) is 6.38. The van der Waals surface area contributed by atoms with Gasteiger partial charge in [0.2, 0.25) is 0 Å². The van der Waals surface area contributed by atoms with Crippen molar-refractivity contribution in [1.29, 1.82) is 0 Å². The van der Waals surface area contributed by atoms with Gasteiger partial charge in [0, 0.05) is 19.6 Å². The van der Waals surface area contributed by atoms with Gasteiger partial charge in [0.1, 0.15) is 0 Å². The van der Waals surface area contributed by atoms with E-state index in [0.717, 1.165) is 13.1 Å². The van der Waals surface area contributed by atoms with Crippen LogP contribution in [0.4, 0.5) is 0 Å². The van der Waals surface area contributed by atoms with Gasteiger partial charge in [-0.05, 0) is 45.4 Å². The van der Waals surface area contributed by atoms with Crippen LogP contribution in [-0.4, -0.2) is 56.1 Å². The lowest BCUT2D eigenvalue weighted by molar-refractivity contribution is 0.237. The van der Waals surface area contributed by atoms with Gasteiger partial charge in [0.25, 0.3) is 0 Å². The smallest absolute Gasteiger partial charge is 0.0109 e. The molecule has 84 valence electrons. The van der Waals surface area contributed by atoms with Gasteiger partial charge in [0.15, 0.2) is 0 Å². The fraction of sp³-hybridized carbons (Fsp3) is 1.00. The number of rotatable bonds is 6. The fourth-order valence-electron chi connectivity index (χ4n) is 2.02. The molecule has 1 rings (SSSR count). The molecule has 1 aliphatic rings. The van der Waals surface area contributed by atoms with Crippen LogP contribution in [0.2, 0.25) is 0 Å². The summed E-state index contributed by atoms with van der Waals surface area (Å²) in [5.74, 6) is 0.624. The third-order valence-electron chi connectivity index (χ3n) is 3.02. The molecule has 1 atom stereocenters. The Morgan fingerprint density at radius 2 is 2.00 bits per heavy atom. The zero-order chi connectivity index (χ0) is 10.4. The molecule has 2 N–H and O–H groups in total. The SMILES string of the molecule is CC(CN)CN(C)CCN1CCCC1. The van der Waals surface area contributed by atoms with Crippen LogP contribution in [0.5, 0.6) is 0 Å². The van der Waals surface area contributed by atoms with Crippen molar-refractivity contribution in [1.82, 2.24) is 9.80 Å². The molecule has 0 aromatic carbocycles. The van der Waals surface area contributed by atoms with Gasteiger partial charge in [-0.25, -0.2) is 0 Å². The van der Waals surface area contributed by atoms with Gasteiger partial charge in [-0.3, -0.25) is 0 Å². The van der Waals surface area contributed by atoms with E-state index in [-0.39, 0.29) is 0 Å². The van der Waals surface area contributed by atoms with E-state index < -0.39 is 0 Å². The van der Waals surface area contributed by atoms with Crippen LogP contribution in [0, 0.1) is 5.92 Å². The van der Waals surface area contributed by atoms with Crippen molar-refractivity contribution < 1.29 is 0 Å². The summed E-state index contributed by atoms with van der Waals surface area (Å²) in [6.07, 6.45) is 2.78. The first kappa shape index (κ1) is 12.0. The summed E-state index contributed by atoms with van der Waals surface area (Å²) >= 11 is 0. The zero-order valence-electron chi connectivity index (χ0n) is 9.71. The van der Waals surface area contributed by atoms with Crippen LogP contribution in [0.15, 0.2) is 0 Å². The lowest BCUT2D eigenvalue weighted by Crippen LogP contribution is -2.35. The van der Waals surface area contributed by atoms with Crippen LogP contribution in [0.3, 0.4) is 0 Å². The molecule has 0 aromatic rings. The highest BCUT2D eigenvalue weighted by molar-refractivity contribution is 4.68. The minimum atomic E-state index is 0.624. The van der Waals surface area contributed by atoms with Crippen molar-refractivity contribution in [3.63, 3.8) is 0 Å². The Morgan fingerprint density at radius 1 is 1.36 bits per heavy atom. The maximum absolute atomic E-state index is 5.60. The van der Waals surface area contributed by atoms with Gasteiger partial charge in [-0.2, -0.15) is 0 Å². The maximum atomic E-state index is 5.60. The Balaban J connectivity index is 2.04. The lowest BCUT2D eigenvalue weighted by atomic mass is 10.2. The van der Waals surface area contributed by atoms with E-state index in [1.165, 1.54) is 39.0 Å². The fourth-order valence-corrected chi connectivity index (χ4v) is 2.02. The van der Waals surface area contributed by atoms with Crippen molar-refractivity contribution in [2.45, 2.75) is 19.8 Å². The summed E-state index contributed by atoms with van der Waals surface area (Å²) in [6.45, 7) is 9.17. The average Bonchev–Trinajstić information content (AvgIpc) is 2.67.